The molecule has 0 N–H and O–H groups in total. The first-order valence-corrected chi connectivity index (χ1v) is 7.07. The number of fused-ring (bicyclic) bond motifs is 1. The predicted octanol–water partition coefficient (Wildman–Crippen LogP) is 4.24. The van der Waals surface area contributed by atoms with Gasteiger partial charge in [-0.15, -0.1) is 17.8 Å². The van der Waals surface area contributed by atoms with Crippen LogP contribution < -0.4 is 5.43 Å². The zero-order chi connectivity index (χ0) is 14.0. The summed E-state index contributed by atoms with van der Waals surface area (Å²) in [5, 5.41) is 0.768. The second kappa shape index (κ2) is 5.42. The minimum Gasteiger partial charge on any atom is -0.289 e. The molecule has 0 aliphatic rings. The molecule has 1 heterocycles. The van der Waals surface area contributed by atoms with Gasteiger partial charge < -0.3 is 0 Å². The van der Waals surface area contributed by atoms with E-state index in [1.807, 2.05) is 51.1 Å². The van der Waals surface area contributed by atoms with E-state index in [-0.39, 0.29) is 11.3 Å². The molecule has 0 amide bonds. The molecule has 0 aliphatic carbocycles. The molecule has 1 aromatic heterocycles. The van der Waals surface area contributed by atoms with Gasteiger partial charge in [0.05, 0.1) is 0 Å². The second-order valence-electron chi connectivity index (χ2n) is 4.80. The maximum Gasteiger partial charge on any atom is 0.195 e. The third-order valence-corrected chi connectivity index (χ3v) is 4.21. The van der Waals surface area contributed by atoms with Crippen molar-refractivity contribution in [2.24, 2.45) is 5.92 Å². The Kier molecular flexibility index (Phi) is 3.87. The first-order valence-electron chi connectivity index (χ1n) is 6.25. The summed E-state index contributed by atoms with van der Waals surface area (Å²) in [5.41, 5.74) is 1.66. The van der Waals surface area contributed by atoms with Crippen molar-refractivity contribution < 1.29 is 0 Å². The molecule has 0 aliphatic heterocycles. The van der Waals surface area contributed by atoms with E-state index in [0.717, 1.165) is 26.1 Å². The van der Waals surface area contributed by atoms with E-state index < -0.39 is 0 Å². The number of allylic oxidation sites excluding steroid dienone is 1. The number of aryl methyl sites for hydroxylation is 1. The van der Waals surface area contributed by atoms with E-state index in [4.69, 9.17) is 6.42 Å². The number of rotatable bonds is 2. The van der Waals surface area contributed by atoms with E-state index in [9.17, 15) is 4.79 Å². The van der Waals surface area contributed by atoms with Gasteiger partial charge in [0.15, 0.2) is 5.43 Å². The van der Waals surface area contributed by atoms with Crippen LogP contribution >= 0.6 is 11.3 Å². The Labute approximate surface area is 117 Å². The molecule has 2 aromatic rings. The number of hydrogen-bond acceptors (Lipinski definition) is 2. The Morgan fingerprint density at radius 2 is 2.05 bits per heavy atom. The van der Waals surface area contributed by atoms with E-state index in [1.54, 1.807) is 11.3 Å². The Hall–Kier alpha value is -1.85. The largest absolute Gasteiger partial charge is 0.289 e. The summed E-state index contributed by atoms with van der Waals surface area (Å²) in [6.07, 6.45) is 7.38. The topological polar surface area (TPSA) is 17.1 Å². The van der Waals surface area contributed by atoms with Crippen LogP contribution in [0.2, 0.25) is 0 Å². The molecule has 0 fully saturated rings. The smallest absolute Gasteiger partial charge is 0.195 e. The van der Waals surface area contributed by atoms with Crippen LogP contribution in [0.15, 0.2) is 34.6 Å². The van der Waals surface area contributed by atoms with Gasteiger partial charge in [-0.2, -0.15) is 0 Å². The monoisotopic (exact) mass is 268 g/mol. The number of benzene rings is 1. The Morgan fingerprint density at radius 3 is 2.68 bits per heavy atom. The van der Waals surface area contributed by atoms with Crippen LogP contribution in [0.5, 0.6) is 0 Å². The predicted molar refractivity (Wildman–Crippen MR) is 84.5 cm³/mol. The van der Waals surface area contributed by atoms with Crippen LogP contribution in [-0.2, 0) is 0 Å². The van der Waals surface area contributed by atoms with Gasteiger partial charge in [-0.1, -0.05) is 31.9 Å². The highest BCUT2D eigenvalue weighted by molar-refractivity contribution is 7.18. The average molecular weight is 268 g/mol. The molecule has 0 atom stereocenters. The lowest BCUT2D eigenvalue weighted by Crippen LogP contribution is -2.07. The van der Waals surface area contributed by atoms with Crippen LogP contribution in [-0.4, -0.2) is 0 Å². The highest BCUT2D eigenvalue weighted by Crippen LogP contribution is 2.23. The van der Waals surface area contributed by atoms with Crippen molar-refractivity contribution in [1.29, 1.82) is 0 Å². The van der Waals surface area contributed by atoms with Crippen LogP contribution in [0.1, 0.15) is 24.3 Å². The van der Waals surface area contributed by atoms with Gasteiger partial charge in [0.25, 0.3) is 0 Å². The van der Waals surface area contributed by atoms with Gasteiger partial charge >= 0.3 is 0 Å². The quantitative estimate of drug-likeness (QED) is 0.744. The molecule has 2 rings (SSSR count). The van der Waals surface area contributed by atoms with Crippen molar-refractivity contribution in [2.45, 2.75) is 20.8 Å². The zero-order valence-corrected chi connectivity index (χ0v) is 12.2. The second-order valence-corrected chi connectivity index (χ2v) is 6.05. The average Bonchev–Trinajstić information content (AvgIpc) is 2.38. The van der Waals surface area contributed by atoms with Gasteiger partial charge in [-0.25, -0.2) is 0 Å². The highest BCUT2D eigenvalue weighted by Gasteiger charge is 2.09. The number of hydrogen-bond donors (Lipinski definition) is 0. The summed E-state index contributed by atoms with van der Waals surface area (Å²) in [4.78, 5) is 13.5. The number of terminal acetylenes is 1. The summed E-state index contributed by atoms with van der Waals surface area (Å²) >= 11 is 1.63. The maximum absolute atomic E-state index is 12.5. The van der Waals surface area contributed by atoms with Crippen molar-refractivity contribution in [3.63, 3.8) is 0 Å². The van der Waals surface area contributed by atoms with Crippen molar-refractivity contribution in [3.05, 3.63) is 50.5 Å². The molecule has 0 bridgehead atoms. The minimum atomic E-state index is 0.0697. The normalized spacial score (nSPS) is 11.8. The maximum atomic E-state index is 12.5. The summed E-state index contributed by atoms with van der Waals surface area (Å²) in [7, 11) is 0. The Balaban J connectivity index is 2.75. The zero-order valence-electron chi connectivity index (χ0n) is 11.4. The van der Waals surface area contributed by atoms with Crippen LogP contribution in [0.25, 0.3) is 16.2 Å². The molecule has 19 heavy (non-hydrogen) atoms. The molecule has 0 saturated heterocycles. The molecule has 0 saturated carbocycles. The van der Waals surface area contributed by atoms with E-state index in [2.05, 4.69) is 5.92 Å². The van der Waals surface area contributed by atoms with Crippen molar-refractivity contribution in [2.75, 3.05) is 0 Å². The fraction of sp³-hybridized carbons (Fsp3) is 0.235. The highest BCUT2D eigenvalue weighted by atomic mass is 32.1. The van der Waals surface area contributed by atoms with Crippen molar-refractivity contribution in [3.8, 4) is 12.3 Å². The first kappa shape index (κ1) is 13.6. The lowest BCUT2D eigenvalue weighted by Gasteiger charge is -2.06. The molecule has 96 valence electrons. The first-order chi connectivity index (χ1) is 9.04. The Bertz CT molecular complexity index is 742. The van der Waals surface area contributed by atoms with E-state index >= 15 is 0 Å². The molecular weight excluding hydrogens is 252 g/mol. The summed E-state index contributed by atoms with van der Waals surface area (Å²) in [5.74, 6) is 2.93. The molecule has 0 spiro atoms. The van der Waals surface area contributed by atoms with E-state index in [0.29, 0.717) is 0 Å². The molecule has 0 radical (unpaired) electrons. The van der Waals surface area contributed by atoms with Crippen LogP contribution in [0.3, 0.4) is 0 Å². The minimum absolute atomic E-state index is 0.0697. The van der Waals surface area contributed by atoms with Crippen LogP contribution in [0.4, 0.5) is 0 Å². The molecule has 2 heteroatoms. The third-order valence-electron chi connectivity index (χ3n) is 3.11. The van der Waals surface area contributed by atoms with Gasteiger partial charge in [0.1, 0.15) is 0 Å². The summed E-state index contributed by atoms with van der Waals surface area (Å²) < 4.78 is 1.02. The van der Waals surface area contributed by atoms with Gasteiger partial charge in [-0.05, 0) is 31.1 Å². The fourth-order valence-corrected chi connectivity index (χ4v) is 2.97. The molecule has 1 nitrogen and oxygen atoms in total. The van der Waals surface area contributed by atoms with Gasteiger partial charge in [-0.3, -0.25) is 4.79 Å². The molecular formula is C17H16OS. The molecule has 1 aromatic carbocycles. The van der Waals surface area contributed by atoms with Gasteiger partial charge in [0.2, 0.25) is 0 Å². The Morgan fingerprint density at radius 1 is 1.37 bits per heavy atom. The summed E-state index contributed by atoms with van der Waals surface area (Å²) in [6.45, 7) is 6.05. The summed E-state index contributed by atoms with van der Waals surface area (Å²) in [6, 6.07) is 7.69. The van der Waals surface area contributed by atoms with Crippen molar-refractivity contribution >= 4 is 27.5 Å². The third kappa shape index (κ3) is 2.62. The molecule has 0 unspecified atom stereocenters. The standard InChI is InChI=1S/C17H16OS/c1-5-13(11(2)3)10-15-12(4)19-16-9-7-6-8-14(16)17(15)18/h1,6-11H,2-4H3/b13-10+. The fourth-order valence-electron chi connectivity index (χ4n) is 1.97. The lowest BCUT2D eigenvalue weighted by molar-refractivity contribution is 0.804. The van der Waals surface area contributed by atoms with Crippen molar-refractivity contribution in [1.82, 2.24) is 0 Å². The van der Waals surface area contributed by atoms with Crippen LogP contribution in [0, 0.1) is 25.2 Å². The van der Waals surface area contributed by atoms with Gasteiger partial charge in [0, 0.05) is 26.1 Å². The lowest BCUT2D eigenvalue weighted by atomic mass is 10.0. The SMILES string of the molecule is C#C/C(=C\c1c(C)sc2ccccc2c1=O)C(C)C. The van der Waals surface area contributed by atoms with E-state index in [1.165, 1.54) is 0 Å².